The predicted molar refractivity (Wildman–Crippen MR) is 108 cm³/mol. The Morgan fingerprint density at radius 3 is 2.50 bits per heavy atom. The van der Waals surface area contributed by atoms with Crippen LogP contribution in [0.15, 0.2) is 0 Å². The van der Waals surface area contributed by atoms with E-state index in [-0.39, 0.29) is 29.3 Å². The number of carboxylic acid groups (broad SMARTS) is 1. The highest BCUT2D eigenvalue weighted by Gasteiger charge is 2.62. The van der Waals surface area contributed by atoms with E-state index in [1.807, 2.05) is 0 Å². The van der Waals surface area contributed by atoms with Gasteiger partial charge in [-0.2, -0.15) is 0 Å². The second-order valence-corrected chi connectivity index (χ2v) is 11.2. The van der Waals surface area contributed by atoms with Gasteiger partial charge in [-0.3, -0.25) is 9.59 Å². The highest BCUT2D eigenvalue weighted by Crippen LogP contribution is 2.67. The maximum Gasteiger partial charge on any atom is 0.303 e. The number of carboxylic acids is 1. The summed E-state index contributed by atoms with van der Waals surface area (Å²) in [5.41, 5.74) is 0.338. The lowest BCUT2D eigenvalue weighted by molar-refractivity contribution is -0.160. The molecule has 0 bridgehead atoms. The third-order valence-electron chi connectivity index (χ3n) is 10.0. The molecule has 0 saturated heterocycles. The summed E-state index contributed by atoms with van der Waals surface area (Å²) in [7, 11) is 0. The molecular formula is C24H38O4. The molecule has 4 heteroatoms. The number of carbonyl (C=O) groups is 2. The van der Waals surface area contributed by atoms with E-state index >= 15 is 0 Å². The second-order valence-electron chi connectivity index (χ2n) is 11.2. The Balaban J connectivity index is 1.55. The molecule has 4 nitrogen and oxygen atoms in total. The first-order valence-corrected chi connectivity index (χ1v) is 11.6. The summed E-state index contributed by atoms with van der Waals surface area (Å²) in [6.45, 7) is 7.05. The minimum atomic E-state index is -0.688. The first-order chi connectivity index (χ1) is 13.2. The topological polar surface area (TPSA) is 74.6 Å². The Labute approximate surface area is 169 Å². The van der Waals surface area contributed by atoms with Crippen LogP contribution in [0.2, 0.25) is 0 Å². The van der Waals surface area contributed by atoms with E-state index in [1.54, 1.807) is 0 Å². The van der Waals surface area contributed by atoms with Crippen molar-refractivity contribution in [2.24, 2.45) is 46.3 Å². The van der Waals surface area contributed by atoms with Gasteiger partial charge in [0, 0.05) is 18.8 Å². The van der Waals surface area contributed by atoms with Crippen molar-refractivity contribution in [1.29, 1.82) is 0 Å². The highest BCUT2D eigenvalue weighted by atomic mass is 16.4. The minimum Gasteiger partial charge on any atom is -0.481 e. The molecule has 2 N–H and O–H groups in total. The maximum absolute atomic E-state index is 13.1. The van der Waals surface area contributed by atoms with Crippen LogP contribution in [0.25, 0.3) is 0 Å². The second kappa shape index (κ2) is 7.11. The van der Waals surface area contributed by atoms with Gasteiger partial charge < -0.3 is 10.2 Å². The highest BCUT2D eigenvalue weighted by molar-refractivity contribution is 5.83. The van der Waals surface area contributed by atoms with E-state index in [0.29, 0.717) is 48.2 Å². The number of hydrogen-bond donors (Lipinski definition) is 2. The molecule has 4 aliphatic carbocycles. The van der Waals surface area contributed by atoms with Gasteiger partial charge in [-0.05, 0) is 91.8 Å². The Morgan fingerprint density at radius 2 is 1.79 bits per heavy atom. The number of rotatable bonds is 4. The number of carbonyl (C=O) groups excluding carboxylic acids is 1. The zero-order chi connectivity index (χ0) is 20.3. The summed E-state index contributed by atoms with van der Waals surface area (Å²) in [5, 5.41) is 19.2. The molecule has 0 aromatic rings. The average Bonchev–Trinajstić information content (AvgIpc) is 2.99. The van der Waals surface area contributed by atoms with Crippen LogP contribution in [0.1, 0.15) is 85.0 Å². The van der Waals surface area contributed by atoms with Gasteiger partial charge in [0.1, 0.15) is 5.78 Å². The Hall–Kier alpha value is -0.900. The van der Waals surface area contributed by atoms with E-state index in [0.717, 1.165) is 19.3 Å². The first kappa shape index (κ1) is 20.4. The van der Waals surface area contributed by atoms with Crippen LogP contribution < -0.4 is 0 Å². The number of aliphatic hydroxyl groups is 1. The summed E-state index contributed by atoms with van der Waals surface area (Å²) in [4.78, 5) is 24.2. The lowest BCUT2D eigenvalue weighted by Gasteiger charge is -2.60. The summed E-state index contributed by atoms with van der Waals surface area (Å²) in [6.07, 6.45) is 8.80. The molecule has 158 valence electrons. The van der Waals surface area contributed by atoms with Crippen LogP contribution in [-0.2, 0) is 9.59 Å². The van der Waals surface area contributed by atoms with Gasteiger partial charge in [0.05, 0.1) is 6.10 Å². The molecule has 0 aromatic heterocycles. The van der Waals surface area contributed by atoms with Crippen molar-refractivity contribution in [3.05, 3.63) is 0 Å². The first-order valence-electron chi connectivity index (χ1n) is 11.6. The number of aliphatic carboxylic acids is 1. The van der Waals surface area contributed by atoms with Crippen LogP contribution in [0.5, 0.6) is 0 Å². The van der Waals surface area contributed by atoms with Crippen molar-refractivity contribution < 1.29 is 19.8 Å². The van der Waals surface area contributed by atoms with Crippen molar-refractivity contribution in [3.63, 3.8) is 0 Å². The number of Topliss-reactive ketones (excluding diaryl/α,β-unsaturated/α-hetero) is 1. The molecule has 0 aromatic carbocycles. The molecule has 0 heterocycles. The third-order valence-corrected chi connectivity index (χ3v) is 10.0. The molecule has 4 rings (SSSR count). The third kappa shape index (κ3) is 3.05. The number of hydrogen-bond acceptors (Lipinski definition) is 3. The fourth-order valence-electron chi connectivity index (χ4n) is 8.55. The Morgan fingerprint density at radius 1 is 1.11 bits per heavy atom. The molecule has 4 aliphatic rings. The lowest BCUT2D eigenvalue weighted by Crippen LogP contribution is -2.57. The Bertz CT molecular complexity index is 645. The molecule has 3 unspecified atom stereocenters. The van der Waals surface area contributed by atoms with Crippen LogP contribution in [0, 0.1) is 46.3 Å². The van der Waals surface area contributed by atoms with Crippen LogP contribution >= 0.6 is 0 Å². The summed E-state index contributed by atoms with van der Waals surface area (Å²) in [6, 6.07) is 0. The summed E-state index contributed by atoms with van der Waals surface area (Å²) < 4.78 is 0. The molecular weight excluding hydrogens is 352 g/mol. The number of ketones is 1. The Kier molecular flexibility index (Phi) is 5.17. The molecule has 9 atom stereocenters. The monoisotopic (exact) mass is 390 g/mol. The average molecular weight is 391 g/mol. The zero-order valence-electron chi connectivity index (χ0n) is 17.8. The van der Waals surface area contributed by atoms with E-state index in [2.05, 4.69) is 20.8 Å². The quantitative estimate of drug-likeness (QED) is 0.730. The smallest absolute Gasteiger partial charge is 0.303 e. The van der Waals surface area contributed by atoms with Gasteiger partial charge in [0.25, 0.3) is 0 Å². The lowest BCUT2D eigenvalue weighted by atomic mass is 9.44. The van der Waals surface area contributed by atoms with Gasteiger partial charge in [0.2, 0.25) is 0 Å². The van der Waals surface area contributed by atoms with Crippen LogP contribution in [0.3, 0.4) is 0 Å². The van der Waals surface area contributed by atoms with E-state index in [4.69, 9.17) is 5.11 Å². The number of aliphatic hydroxyl groups excluding tert-OH is 1. The molecule has 0 radical (unpaired) electrons. The SMILES string of the molecule is C[C@H](CCC(=O)O)[C@H]1CCC2C3CC(=O)[C@H]4C[C@@H](O)CC[C@]4(C)C3CC[C@@]21C. The van der Waals surface area contributed by atoms with Gasteiger partial charge in [0.15, 0.2) is 0 Å². The van der Waals surface area contributed by atoms with Gasteiger partial charge in [-0.15, -0.1) is 0 Å². The maximum atomic E-state index is 13.1. The van der Waals surface area contributed by atoms with Crippen molar-refractivity contribution in [3.8, 4) is 0 Å². The van der Waals surface area contributed by atoms with Crippen molar-refractivity contribution in [2.45, 2.75) is 91.1 Å². The fourth-order valence-corrected chi connectivity index (χ4v) is 8.55. The zero-order valence-corrected chi connectivity index (χ0v) is 17.8. The summed E-state index contributed by atoms with van der Waals surface area (Å²) in [5.74, 6) is 2.54. The largest absolute Gasteiger partial charge is 0.481 e. The van der Waals surface area contributed by atoms with E-state index in [9.17, 15) is 14.7 Å². The normalized spacial score (nSPS) is 49.1. The van der Waals surface area contributed by atoms with Gasteiger partial charge in [-0.1, -0.05) is 20.8 Å². The van der Waals surface area contributed by atoms with E-state index < -0.39 is 5.97 Å². The molecule has 4 saturated carbocycles. The van der Waals surface area contributed by atoms with Crippen molar-refractivity contribution in [1.82, 2.24) is 0 Å². The van der Waals surface area contributed by atoms with E-state index in [1.165, 1.54) is 25.7 Å². The fraction of sp³-hybridized carbons (Fsp3) is 0.917. The summed E-state index contributed by atoms with van der Waals surface area (Å²) >= 11 is 0. The predicted octanol–water partition coefficient (Wildman–Crippen LogP) is 4.69. The molecule has 4 fully saturated rings. The molecule has 28 heavy (non-hydrogen) atoms. The molecule has 0 aliphatic heterocycles. The van der Waals surface area contributed by atoms with Gasteiger partial charge in [-0.25, -0.2) is 0 Å². The standard InChI is InChI=1S/C24H38O4/c1-14(4-7-22(27)28)17-5-6-18-16-13-21(26)20-12-15(25)8-10-24(20,3)19(16)9-11-23(17,18)2/h14-20,25H,4-13H2,1-3H3,(H,27,28)/t14-,15+,16?,17-,18?,19?,20-,23-,24-/m1/s1. The van der Waals surface area contributed by atoms with Crippen LogP contribution in [-0.4, -0.2) is 28.1 Å². The molecule has 0 spiro atoms. The van der Waals surface area contributed by atoms with Crippen molar-refractivity contribution >= 4 is 11.8 Å². The minimum absolute atomic E-state index is 0.0635. The van der Waals surface area contributed by atoms with Crippen LogP contribution in [0.4, 0.5) is 0 Å². The van der Waals surface area contributed by atoms with Crippen molar-refractivity contribution in [2.75, 3.05) is 0 Å². The number of fused-ring (bicyclic) bond motifs is 5. The van der Waals surface area contributed by atoms with Gasteiger partial charge >= 0.3 is 5.97 Å². The molecule has 0 amide bonds.